The van der Waals surface area contributed by atoms with Crippen LogP contribution < -0.4 is 0 Å². The summed E-state index contributed by atoms with van der Waals surface area (Å²) in [6.45, 7) is 5.24. The van der Waals surface area contributed by atoms with Crippen LogP contribution in [0.5, 0.6) is 0 Å². The van der Waals surface area contributed by atoms with E-state index >= 15 is 0 Å². The summed E-state index contributed by atoms with van der Waals surface area (Å²) in [6, 6.07) is 0. The maximum atomic E-state index is 12.6. The SMILES string of the molecule is Cc1cnc(C(=O)N2CC[C@H]3C[C@@H](c4nc(C)cs4)O[C@@H]3C2)cn1. The van der Waals surface area contributed by atoms with Crippen LogP contribution in [0.15, 0.2) is 17.8 Å². The Kier molecular flexibility index (Phi) is 4.05. The van der Waals surface area contributed by atoms with Crippen LogP contribution in [0.4, 0.5) is 0 Å². The molecule has 0 N–H and O–H groups in total. The molecule has 6 nitrogen and oxygen atoms in total. The molecule has 3 atom stereocenters. The first-order valence-electron chi connectivity index (χ1n) is 8.25. The number of carbonyl (C=O) groups excluding carboxylic acids is 1. The van der Waals surface area contributed by atoms with Crippen molar-refractivity contribution in [3.8, 4) is 0 Å². The lowest BCUT2D eigenvalue weighted by molar-refractivity contribution is -0.00468. The van der Waals surface area contributed by atoms with E-state index in [1.165, 1.54) is 0 Å². The predicted octanol–water partition coefficient (Wildman–Crippen LogP) is 2.54. The average molecular weight is 344 g/mol. The van der Waals surface area contributed by atoms with Crippen molar-refractivity contribution >= 4 is 17.2 Å². The topological polar surface area (TPSA) is 68.2 Å². The minimum absolute atomic E-state index is 0.0573. The fraction of sp³-hybridized carbons (Fsp3) is 0.529. The molecule has 2 aliphatic rings. The van der Waals surface area contributed by atoms with E-state index in [4.69, 9.17) is 4.74 Å². The summed E-state index contributed by atoms with van der Waals surface area (Å²) < 4.78 is 6.22. The Balaban J connectivity index is 1.44. The molecule has 2 aliphatic heterocycles. The number of carbonyl (C=O) groups is 1. The van der Waals surface area contributed by atoms with E-state index in [0.29, 0.717) is 18.2 Å². The van der Waals surface area contributed by atoms with Gasteiger partial charge in [-0.2, -0.15) is 0 Å². The van der Waals surface area contributed by atoms with E-state index in [-0.39, 0.29) is 18.1 Å². The second-order valence-corrected chi connectivity index (χ2v) is 7.46. The molecule has 2 fully saturated rings. The van der Waals surface area contributed by atoms with Gasteiger partial charge in [0.2, 0.25) is 0 Å². The highest BCUT2D eigenvalue weighted by Crippen LogP contribution is 2.41. The molecule has 24 heavy (non-hydrogen) atoms. The lowest BCUT2D eigenvalue weighted by Crippen LogP contribution is -2.45. The van der Waals surface area contributed by atoms with Crippen LogP contribution >= 0.6 is 11.3 Å². The standard InChI is InChI=1S/C17H20N4O2S/c1-10-6-19-13(7-18-10)17(22)21-4-3-12-5-14(23-15(12)8-21)16-20-11(2)9-24-16/h6-7,9,12,14-15H,3-5,8H2,1-2H3/t12-,14-,15+/m0/s1. The van der Waals surface area contributed by atoms with Crippen molar-refractivity contribution in [1.29, 1.82) is 0 Å². The van der Waals surface area contributed by atoms with E-state index in [9.17, 15) is 4.79 Å². The minimum Gasteiger partial charge on any atom is -0.366 e. The van der Waals surface area contributed by atoms with Crippen LogP contribution in [0, 0.1) is 19.8 Å². The highest BCUT2D eigenvalue weighted by atomic mass is 32.1. The lowest BCUT2D eigenvalue weighted by atomic mass is 9.91. The molecule has 0 saturated carbocycles. The summed E-state index contributed by atoms with van der Waals surface area (Å²) in [6.07, 6.45) is 5.33. The normalized spacial score (nSPS) is 26.4. The Bertz CT molecular complexity index is 745. The zero-order valence-corrected chi connectivity index (χ0v) is 14.6. The molecule has 2 aromatic heterocycles. The van der Waals surface area contributed by atoms with Gasteiger partial charge in [0.25, 0.3) is 5.91 Å². The molecule has 2 aromatic rings. The van der Waals surface area contributed by atoms with Crippen LogP contribution in [-0.4, -0.2) is 45.0 Å². The smallest absolute Gasteiger partial charge is 0.274 e. The van der Waals surface area contributed by atoms with E-state index in [1.807, 2.05) is 18.7 Å². The second-order valence-electron chi connectivity index (χ2n) is 6.57. The van der Waals surface area contributed by atoms with Crippen molar-refractivity contribution in [2.45, 2.75) is 38.9 Å². The first kappa shape index (κ1) is 15.7. The van der Waals surface area contributed by atoms with Gasteiger partial charge in [0.15, 0.2) is 0 Å². The third-order valence-electron chi connectivity index (χ3n) is 4.75. The molecule has 0 unspecified atom stereocenters. The van der Waals surface area contributed by atoms with Gasteiger partial charge in [0.05, 0.1) is 18.0 Å². The average Bonchev–Trinajstić information content (AvgIpc) is 3.20. The molecule has 7 heteroatoms. The van der Waals surface area contributed by atoms with Crippen molar-refractivity contribution in [2.24, 2.45) is 5.92 Å². The monoisotopic (exact) mass is 344 g/mol. The van der Waals surface area contributed by atoms with Crippen LogP contribution in [0.3, 0.4) is 0 Å². The maximum Gasteiger partial charge on any atom is 0.274 e. The van der Waals surface area contributed by atoms with Gasteiger partial charge in [0, 0.05) is 30.4 Å². The molecule has 126 valence electrons. The van der Waals surface area contributed by atoms with Crippen LogP contribution in [-0.2, 0) is 4.74 Å². The Labute approximate surface area is 144 Å². The molecule has 0 radical (unpaired) electrons. The molecular formula is C17H20N4O2S. The number of aromatic nitrogens is 3. The molecule has 0 spiro atoms. The third kappa shape index (κ3) is 2.93. The van der Waals surface area contributed by atoms with E-state index in [1.54, 1.807) is 23.7 Å². The molecule has 4 rings (SSSR count). The largest absolute Gasteiger partial charge is 0.366 e. The number of hydrogen-bond acceptors (Lipinski definition) is 6. The van der Waals surface area contributed by atoms with Gasteiger partial charge < -0.3 is 9.64 Å². The summed E-state index contributed by atoms with van der Waals surface area (Å²) in [4.78, 5) is 27.4. The van der Waals surface area contributed by atoms with Crippen molar-refractivity contribution in [2.75, 3.05) is 13.1 Å². The Morgan fingerprint density at radius 1 is 1.29 bits per heavy atom. The first-order valence-corrected chi connectivity index (χ1v) is 9.13. The van der Waals surface area contributed by atoms with Crippen molar-refractivity contribution in [3.63, 3.8) is 0 Å². The molecule has 1 amide bonds. The molecule has 4 heterocycles. The van der Waals surface area contributed by atoms with Gasteiger partial charge in [-0.15, -0.1) is 11.3 Å². The highest BCUT2D eigenvalue weighted by molar-refractivity contribution is 7.09. The number of amides is 1. The van der Waals surface area contributed by atoms with Crippen molar-refractivity contribution in [1.82, 2.24) is 19.9 Å². The summed E-state index contributed by atoms with van der Waals surface area (Å²) in [5.41, 5.74) is 2.26. The summed E-state index contributed by atoms with van der Waals surface area (Å²) >= 11 is 1.66. The highest BCUT2D eigenvalue weighted by Gasteiger charge is 2.41. The van der Waals surface area contributed by atoms with Crippen molar-refractivity contribution < 1.29 is 9.53 Å². The van der Waals surface area contributed by atoms with E-state index in [0.717, 1.165) is 35.8 Å². The minimum atomic E-state index is -0.0573. The summed E-state index contributed by atoms with van der Waals surface area (Å²) in [7, 11) is 0. The number of rotatable bonds is 2. The van der Waals surface area contributed by atoms with Crippen LogP contribution in [0.2, 0.25) is 0 Å². The van der Waals surface area contributed by atoms with Crippen LogP contribution in [0.25, 0.3) is 0 Å². The number of thiazole rings is 1. The van der Waals surface area contributed by atoms with Crippen LogP contribution in [0.1, 0.15) is 45.8 Å². The summed E-state index contributed by atoms with van der Waals surface area (Å²) in [5.74, 6) is 0.449. The fourth-order valence-electron chi connectivity index (χ4n) is 3.46. The van der Waals surface area contributed by atoms with Gasteiger partial charge in [-0.25, -0.2) is 9.97 Å². The zero-order chi connectivity index (χ0) is 16.7. The number of aryl methyl sites for hydroxylation is 2. The predicted molar refractivity (Wildman–Crippen MR) is 89.9 cm³/mol. The second kappa shape index (κ2) is 6.22. The quantitative estimate of drug-likeness (QED) is 0.837. The number of ether oxygens (including phenoxy) is 1. The Hall–Kier alpha value is -1.86. The van der Waals surface area contributed by atoms with Gasteiger partial charge >= 0.3 is 0 Å². The van der Waals surface area contributed by atoms with Gasteiger partial charge in [-0.1, -0.05) is 0 Å². The Morgan fingerprint density at radius 3 is 2.88 bits per heavy atom. The van der Waals surface area contributed by atoms with Gasteiger partial charge in [-0.3, -0.25) is 9.78 Å². The van der Waals surface area contributed by atoms with Crippen molar-refractivity contribution in [3.05, 3.63) is 39.9 Å². The zero-order valence-electron chi connectivity index (χ0n) is 13.8. The number of nitrogens with zero attached hydrogens (tertiary/aromatic N) is 4. The molecular weight excluding hydrogens is 324 g/mol. The summed E-state index contributed by atoms with van der Waals surface area (Å²) in [5, 5.41) is 3.12. The number of fused-ring (bicyclic) bond motifs is 1. The fourth-order valence-corrected chi connectivity index (χ4v) is 4.30. The van der Waals surface area contributed by atoms with E-state index in [2.05, 4.69) is 20.3 Å². The molecule has 0 bridgehead atoms. The van der Waals surface area contributed by atoms with Gasteiger partial charge in [-0.05, 0) is 32.6 Å². The molecule has 2 saturated heterocycles. The lowest BCUT2D eigenvalue weighted by Gasteiger charge is -2.33. The third-order valence-corrected chi connectivity index (χ3v) is 5.81. The first-order chi connectivity index (χ1) is 11.6. The number of hydrogen-bond donors (Lipinski definition) is 0. The maximum absolute atomic E-state index is 12.6. The number of likely N-dealkylation sites (tertiary alicyclic amines) is 1. The van der Waals surface area contributed by atoms with Gasteiger partial charge in [0.1, 0.15) is 16.8 Å². The van der Waals surface area contributed by atoms with E-state index < -0.39 is 0 Å². The molecule has 0 aromatic carbocycles. The number of piperidine rings is 1. The molecule has 0 aliphatic carbocycles. The Morgan fingerprint density at radius 2 is 2.17 bits per heavy atom.